The average molecular weight is 383 g/mol. The highest BCUT2D eigenvalue weighted by atomic mass is 32.1. The van der Waals surface area contributed by atoms with Gasteiger partial charge in [-0.1, -0.05) is 0 Å². The minimum absolute atomic E-state index is 0.972. The lowest BCUT2D eigenvalue weighted by Gasteiger charge is -1.86. The molecule has 0 aliphatic carbocycles. The Morgan fingerprint density at radius 1 is 0.542 bits per heavy atom. The van der Waals surface area contributed by atoms with Gasteiger partial charge in [-0.3, -0.25) is 0 Å². The van der Waals surface area contributed by atoms with Gasteiger partial charge in [-0.25, -0.2) is 19.9 Å². The van der Waals surface area contributed by atoms with E-state index in [0.29, 0.717) is 0 Å². The third kappa shape index (κ3) is 1.88. The molecular weight excluding hydrogens is 376 g/mol. The fourth-order valence-corrected chi connectivity index (χ4v) is 6.19. The number of nitrogens with zero attached hydrogens (tertiary/aromatic N) is 4. The standard InChI is InChI=1S/C16H6N4S4/c1-7-12(22-5-17-7)4-14-9(1)19-15(24-14)16-20-10-3-11-8(18-6-21-11)2-13(10)23-16/h1-6H. The molecule has 4 nitrogen and oxygen atoms in total. The summed E-state index contributed by atoms with van der Waals surface area (Å²) in [4.78, 5) is 18.3. The number of benzene rings is 2. The third-order valence-corrected chi connectivity index (χ3v) is 7.63. The van der Waals surface area contributed by atoms with Crippen molar-refractivity contribution in [3.63, 3.8) is 0 Å². The molecule has 0 fully saturated rings. The Morgan fingerprint density at radius 2 is 1.08 bits per heavy atom. The van der Waals surface area contributed by atoms with Gasteiger partial charge in [0.1, 0.15) is 0 Å². The Hall–Kier alpha value is -2.00. The first kappa shape index (κ1) is 13.3. The van der Waals surface area contributed by atoms with E-state index in [9.17, 15) is 0 Å². The minimum Gasteiger partial charge on any atom is -0.245 e. The third-order valence-electron chi connectivity index (χ3n) is 3.86. The van der Waals surface area contributed by atoms with Crippen LogP contribution in [0.2, 0.25) is 0 Å². The fraction of sp³-hybridized carbons (Fsp3) is 0. The topological polar surface area (TPSA) is 51.6 Å². The van der Waals surface area contributed by atoms with Gasteiger partial charge in [0.05, 0.1) is 51.9 Å². The lowest BCUT2D eigenvalue weighted by molar-refractivity contribution is 1.42. The van der Waals surface area contributed by atoms with Crippen LogP contribution >= 0.6 is 45.3 Å². The summed E-state index contributed by atoms with van der Waals surface area (Å²) in [6.07, 6.45) is 0. The minimum atomic E-state index is 0.972. The van der Waals surface area contributed by atoms with Gasteiger partial charge < -0.3 is 0 Å². The number of rotatable bonds is 1. The van der Waals surface area contributed by atoms with Crippen LogP contribution in [-0.4, -0.2) is 19.9 Å². The Kier molecular flexibility index (Phi) is 2.64. The zero-order chi connectivity index (χ0) is 15.7. The number of aromatic nitrogens is 4. The van der Waals surface area contributed by atoms with Gasteiger partial charge in [0.2, 0.25) is 0 Å². The summed E-state index contributed by atoms with van der Waals surface area (Å²) in [6, 6.07) is 8.48. The monoisotopic (exact) mass is 382 g/mol. The molecule has 0 radical (unpaired) electrons. The van der Waals surface area contributed by atoms with Crippen molar-refractivity contribution < 1.29 is 0 Å². The highest BCUT2D eigenvalue weighted by Crippen LogP contribution is 2.38. The molecule has 6 aromatic rings. The molecule has 0 saturated carbocycles. The molecule has 0 spiro atoms. The number of hydrogen-bond donors (Lipinski definition) is 0. The molecule has 114 valence electrons. The summed E-state index contributed by atoms with van der Waals surface area (Å²) in [6.45, 7) is 0. The molecule has 0 aliphatic heterocycles. The summed E-state index contributed by atoms with van der Waals surface area (Å²) in [5.41, 5.74) is 7.83. The van der Waals surface area contributed by atoms with E-state index in [0.717, 1.165) is 36.8 Å². The first-order valence-electron chi connectivity index (χ1n) is 7.11. The smallest absolute Gasteiger partial charge is 0.153 e. The van der Waals surface area contributed by atoms with Gasteiger partial charge in [0.15, 0.2) is 10.0 Å². The van der Waals surface area contributed by atoms with Gasteiger partial charge in [0, 0.05) is 0 Å². The van der Waals surface area contributed by atoms with Gasteiger partial charge in [-0.2, -0.15) is 0 Å². The molecule has 24 heavy (non-hydrogen) atoms. The van der Waals surface area contributed by atoms with Crippen LogP contribution in [0.4, 0.5) is 0 Å². The maximum absolute atomic E-state index is 4.80. The lowest BCUT2D eigenvalue weighted by atomic mass is 10.3. The van der Waals surface area contributed by atoms with Crippen LogP contribution in [-0.2, 0) is 0 Å². The van der Waals surface area contributed by atoms with E-state index in [-0.39, 0.29) is 0 Å². The largest absolute Gasteiger partial charge is 0.245 e. The molecule has 0 amide bonds. The quantitative estimate of drug-likeness (QED) is 0.361. The maximum atomic E-state index is 4.80. The van der Waals surface area contributed by atoms with Crippen molar-refractivity contribution in [3.8, 4) is 10.0 Å². The predicted molar refractivity (Wildman–Crippen MR) is 105 cm³/mol. The lowest BCUT2D eigenvalue weighted by Crippen LogP contribution is -1.74. The number of thiazole rings is 4. The van der Waals surface area contributed by atoms with Gasteiger partial charge in [-0.15, -0.1) is 45.3 Å². The van der Waals surface area contributed by atoms with Crippen LogP contribution in [0.15, 0.2) is 35.3 Å². The number of fused-ring (bicyclic) bond motifs is 4. The maximum Gasteiger partial charge on any atom is 0.153 e. The van der Waals surface area contributed by atoms with E-state index in [2.05, 4.69) is 34.2 Å². The first-order valence-corrected chi connectivity index (χ1v) is 10.5. The van der Waals surface area contributed by atoms with E-state index < -0.39 is 0 Å². The molecule has 8 heteroatoms. The average Bonchev–Trinajstić information content (AvgIpc) is 3.33. The van der Waals surface area contributed by atoms with Crippen LogP contribution in [0, 0.1) is 0 Å². The van der Waals surface area contributed by atoms with Crippen LogP contribution in [0.1, 0.15) is 0 Å². The summed E-state index contributed by atoms with van der Waals surface area (Å²) in [5.74, 6) is 0. The zero-order valence-electron chi connectivity index (χ0n) is 11.9. The highest BCUT2D eigenvalue weighted by molar-refractivity contribution is 7.28. The van der Waals surface area contributed by atoms with Crippen molar-refractivity contribution in [2.45, 2.75) is 0 Å². The summed E-state index contributed by atoms with van der Waals surface area (Å²) in [5, 5.41) is 1.94. The van der Waals surface area contributed by atoms with E-state index in [1.54, 1.807) is 45.3 Å². The second-order valence-corrected chi connectivity index (χ2v) is 9.15. The van der Waals surface area contributed by atoms with Gasteiger partial charge >= 0.3 is 0 Å². The van der Waals surface area contributed by atoms with Crippen molar-refractivity contribution >= 4 is 86.2 Å². The van der Waals surface area contributed by atoms with Crippen molar-refractivity contribution in [2.75, 3.05) is 0 Å². The van der Waals surface area contributed by atoms with Crippen LogP contribution < -0.4 is 0 Å². The fourth-order valence-electron chi connectivity index (χ4n) is 2.74. The molecule has 0 bridgehead atoms. The molecule has 0 unspecified atom stereocenters. The molecule has 4 aromatic heterocycles. The molecule has 4 heterocycles. The normalized spacial score (nSPS) is 12.2. The van der Waals surface area contributed by atoms with Crippen LogP contribution in [0.5, 0.6) is 0 Å². The summed E-state index contributed by atoms with van der Waals surface area (Å²) < 4.78 is 4.72. The van der Waals surface area contributed by atoms with Crippen molar-refractivity contribution in [2.24, 2.45) is 0 Å². The second-order valence-electron chi connectivity index (χ2n) is 5.32. The van der Waals surface area contributed by atoms with Crippen LogP contribution in [0.3, 0.4) is 0 Å². The molecule has 0 saturated heterocycles. The summed E-state index contributed by atoms with van der Waals surface area (Å²) >= 11 is 6.68. The molecule has 0 aliphatic rings. The van der Waals surface area contributed by atoms with Gasteiger partial charge in [0.25, 0.3) is 0 Å². The zero-order valence-corrected chi connectivity index (χ0v) is 15.2. The Labute approximate surface area is 151 Å². The second kappa shape index (κ2) is 4.76. The first-order chi connectivity index (χ1) is 11.8. The van der Waals surface area contributed by atoms with Crippen LogP contribution in [0.25, 0.3) is 50.9 Å². The van der Waals surface area contributed by atoms with Crippen molar-refractivity contribution in [1.82, 2.24) is 19.9 Å². The van der Waals surface area contributed by atoms with E-state index in [1.165, 1.54) is 14.1 Å². The van der Waals surface area contributed by atoms with E-state index >= 15 is 0 Å². The SMILES string of the molecule is c1nc2cc3sc(-c4nc5cc6ncsc6cc5s4)nc3cc2s1. The molecule has 2 aromatic carbocycles. The van der Waals surface area contributed by atoms with Crippen molar-refractivity contribution in [1.29, 1.82) is 0 Å². The highest BCUT2D eigenvalue weighted by Gasteiger charge is 2.14. The van der Waals surface area contributed by atoms with E-state index in [4.69, 9.17) is 9.97 Å². The number of hydrogen-bond acceptors (Lipinski definition) is 8. The predicted octanol–water partition coefficient (Wildman–Crippen LogP) is 5.79. The molecule has 0 atom stereocenters. The Bertz CT molecular complexity index is 1170. The molecule has 0 N–H and O–H groups in total. The van der Waals surface area contributed by atoms with Gasteiger partial charge in [-0.05, 0) is 24.3 Å². The summed E-state index contributed by atoms with van der Waals surface area (Å²) in [7, 11) is 0. The molecule has 6 rings (SSSR count). The van der Waals surface area contributed by atoms with Crippen molar-refractivity contribution in [3.05, 3.63) is 35.3 Å². The molecular formula is C16H6N4S4. The Morgan fingerprint density at radius 3 is 1.83 bits per heavy atom. The Balaban J connectivity index is 1.58. The van der Waals surface area contributed by atoms with E-state index in [1.807, 2.05) is 11.0 Å².